The molecule has 88 valence electrons. The highest BCUT2D eigenvalue weighted by atomic mass is 19.3. The molecule has 0 aliphatic heterocycles. The van der Waals surface area contributed by atoms with E-state index in [1.807, 2.05) is 0 Å². The van der Waals surface area contributed by atoms with E-state index in [4.69, 9.17) is 9.84 Å². The van der Waals surface area contributed by atoms with Crippen molar-refractivity contribution < 1.29 is 23.4 Å². The molecule has 0 fully saturated rings. The Kier molecular flexibility index (Phi) is 4.72. The highest BCUT2D eigenvalue weighted by Gasteiger charge is 2.13. The molecule has 1 N–H and O–H groups in total. The van der Waals surface area contributed by atoms with Crippen molar-refractivity contribution in [3.63, 3.8) is 0 Å². The Morgan fingerprint density at radius 2 is 2.19 bits per heavy atom. The third-order valence-corrected chi connectivity index (χ3v) is 1.84. The number of para-hydroxylation sites is 1. The number of hydrogen-bond acceptors (Lipinski definition) is 3. The molecule has 5 heteroatoms. The van der Waals surface area contributed by atoms with Crippen molar-refractivity contribution in [2.75, 3.05) is 13.7 Å². The Bertz CT molecular complexity index is 364. The van der Waals surface area contributed by atoms with Gasteiger partial charge in [0.1, 0.15) is 0 Å². The van der Waals surface area contributed by atoms with Gasteiger partial charge in [0, 0.05) is 5.56 Å². The fourth-order valence-corrected chi connectivity index (χ4v) is 1.22. The van der Waals surface area contributed by atoms with E-state index in [9.17, 15) is 8.78 Å². The van der Waals surface area contributed by atoms with Crippen LogP contribution in [0, 0.1) is 0 Å². The Morgan fingerprint density at radius 3 is 2.75 bits per heavy atom. The first-order valence-corrected chi connectivity index (χ1v) is 4.58. The van der Waals surface area contributed by atoms with Crippen molar-refractivity contribution in [2.24, 2.45) is 0 Å². The zero-order valence-corrected chi connectivity index (χ0v) is 8.69. The van der Waals surface area contributed by atoms with E-state index in [2.05, 4.69) is 4.74 Å². The van der Waals surface area contributed by atoms with Gasteiger partial charge in [0.25, 0.3) is 0 Å². The van der Waals surface area contributed by atoms with E-state index < -0.39 is 6.61 Å². The summed E-state index contributed by atoms with van der Waals surface area (Å²) in [7, 11) is 1.37. The van der Waals surface area contributed by atoms with Gasteiger partial charge in [-0.05, 0) is 6.07 Å². The molecule has 0 aromatic heterocycles. The number of alkyl halides is 2. The molecule has 0 aliphatic carbocycles. The maximum Gasteiger partial charge on any atom is 0.387 e. The smallest absolute Gasteiger partial charge is 0.387 e. The van der Waals surface area contributed by atoms with E-state index in [1.165, 1.54) is 25.3 Å². The van der Waals surface area contributed by atoms with Crippen molar-refractivity contribution in [1.29, 1.82) is 0 Å². The van der Waals surface area contributed by atoms with Gasteiger partial charge in [-0.25, -0.2) is 0 Å². The van der Waals surface area contributed by atoms with E-state index in [1.54, 1.807) is 12.1 Å². The normalized spacial score (nSPS) is 11.1. The first-order valence-electron chi connectivity index (χ1n) is 4.58. The molecule has 1 aromatic rings. The predicted molar refractivity (Wildman–Crippen MR) is 55.7 cm³/mol. The van der Waals surface area contributed by atoms with Gasteiger partial charge in [0.2, 0.25) is 0 Å². The van der Waals surface area contributed by atoms with E-state index in [-0.39, 0.29) is 18.1 Å². The van der Waals surface area contributed by atoms with Crippen LogP contribution in [-0.2, 0) is 0 Å². The molecule has 0 radical (unpaired) electrons. The summed E-state index contributed by atoms with van der Waals surface area (Å²) < 4.78 is 33.7. The zero-order valence-electron chi connectivity index (χ0n) is 8.69. The number of aliphatic hydroxyl groups excluding tert-OH is 1. The van der Waals surface area contributed by atoms with Gasteiger partial charge in [-0.1, -0.05) is 24.3 Å². The predicted octanol–water partition coefficient (Wildman–Crippen LogP) is 2.30. The average molecular weight is 230 g/mol. The molecule has 0 saturated carbocycles. The lowest BCUT2D eigenvalue weighted by Gasteiger charge is -2.12. The second kappa shape index (κ2) is 6.07. The van der Waals surface area contributed by atoms with Crippen LogP contribution in [0.15, 0.2) is 24.3 Å². The SMILES string of the molecule is COc1cccc(C=CCO)c1OC(F)F. The highest BCUT2D eigenvalue weighted by molar-refractivity contribution is 5.62. The number of hydrogen-bond donors (Lipinski definition) is 1. The van der Waals surface area contributed by atoms with Gasteiger partial charge >= 0.3 is 6.61 Å². The van der Waals surface area contributed by atoms with Crippen LogP contribution in [-0.4, -0.2) is 25.4 Å². The van der Waals surface area contributed by atoms with Crippen molar-refractivity contribution in [3.8, 4) is 11.5 Å². The third kappa shape index (κ3) is 3.20. The summed E-state index contributed by atoms with van der Waals surface area (Å²) in [5.74, 6) is 0.185. The number of ether oxygens (including phenoxy) is 2. The Hall–Kier alpha value is -1.62. The molecule has 0 saturated heterocycles. The molecular weight excluding hydrogens is 218 g/mol. The molecule has 0 bridgehead atoms. The Labute approximate surface area is 91.9 Å². The summed E-state index contributed by atoms with van der Waals surface area (Å²) in [6.07, 6.45) is 2.91. The van der Waals surface area contributed by atoms with Crippen molar-refractivity contribution in [3.05, 3.63) is 29.8 Å². The second-order valence-corrected chi connectivity index (χ2v) is 2.84. The summed E-state index contributed by atoms with van der Waals surface area (Å²) >= 11 is 0. The van der Waals surface area contributed by atoms with E-state index >= 15 is 0 Å². The Balaban J connectivity index is 3.09. The summed E-state index contributed by atoms with van der Waals surface area (Å²) in [6, 6.07) is 4.76. The first kappa shape index (κ1) is 12.4. The monoisotopic (exact) mass is 230 g/mol. The minimum absolute atomic E-state index is 0.0373. The zero-order chi connectivity index (χ0) is 12.0. The van der Waals surface area contributed by atoms with Crippen molar-refractivity contribution in [1.82, 2.24) is 0 Å². The third-order valence-electron chi connectivity index (χ3n) is 1.84. The van der Waals surface area contributed by atoms with E-state index in [0.717, 1.165) is 0 Å². The van der Waals surface area contributed by atoms with Crippen LogP contribution < -0.4 is 9.47 Å². The summed E-state index contributed by atoms with van der Waals surface area (Å²) in [5, 5.41) is 8.62. The molecule has 0 amide bonds. The summed E-state index contributed by atoms with van der Waals surface area (Å²) in [6.45, 7) is -3.09. The minimum Gasteiger partial charge on any atom is -0.493 e. The lowest BCUT2D eigenvalue weighted by atomic mass is 10.1. The maximum atomic E-state index is 12.2. The minimum atomic E-state index is -2.92. The molecular formula is C11H12F2O3. The van der Waals surface area contributed by atoms with Gasteiger partial charge < -0.3 is 14.6 Å². The van der Waals surface area contributed by atoms with Crippen LogP contribution in [0.5, 0.6) is 11.5 Å². The van der Waals surface area contributed by atoms with Gasteiger partial charge in [0.15, 0.2) is 11.5 Å². The van der Waals surface area contributed by atoms with Crippen LogP contribution in [0.3, 0.4) is 0 Å². The quantitative estimate of drug-likeness (QED) is 0.843. The number of halogens is 2. The molecule has 0 aliphatic rings. The Morgan fingerprint density at radius 1 is 1.44 bits per heavy atom. The fourth-order valence-electron chi connectivity index (χ4n) is 1.22. The van der Waals surface area contributed by atoms with Crippen LogP contribution in [0.1, 0.15) is 5.56 Å². The summed E-state index contributed by atoms with van der Waals surface area (Å²) in [5.41, 5.74) is 0.425. The van der Waals surface area contributed by atoms with Crippen molar-refractivity contribution >= 4 is 6.08 Å². The van der Waals surface area contributed by atoms with Gasteiger partial charge in [0.05, 0.1) is 13.7 Å². The van der Waals surface area contributed by atoms with Gasteiger partial charge in [-0.3, -0.25) is 0 Å². The molecule has 1 rings (SSSR count). The maximum absolute atomic E-state index is 12.2. The summed E-state index contributed by atoms with van der Waals surface area (Å²) in [4.78, 5) is 0. The second-order valence-electron chi connectivity index (χ2n) is 2.84. The average Bonchev–Trinajstić information content (AvgIpc) is 2.27. The van der Waals surface area contributed by atoms with Crippen LogP contribution in [0.4, 0.5) is 8.78 Å². The molecule has 1 aromatic carbocycles. The first-order chi connectivity index (χ1) is 7.69. The van der Waals surface area contributed by atoms with Crippen LogP contribution in [0.25, 0.3) is 6.08 Å². The highest BCUT2D eigenvalue weighted by Crippen LogP contribution is 2.33. The van der Waals surface area contributed by atoms with Gasteiger partial charge in [-0.2, -0.15) is 8.78 Å². The number of rotatable bonds is 5. The molecule has 0 unspecified atom stereocenters. The molecule has 0 atom stereocenters. The molecule has 0 heterocycles. The molecule has 3 nitrogen and oxygen atoms in total. The topological polar surface area (TPSA) is 38.7 Å². The van der Waals surface area contributed by atoms with E-state index in [0.29, 0.717) is 5.56 Å². The van der Waals surface area contributed by atoms with Crippen molar-refractivity contribution in [2.45, 2.75) is 6.61 Å². The number of benzene rings is 1. The standard InChI is InChI=1S/C11H12F2O3/c1-15-9-6-2-4-8(5-3-7-14)10(9)16-11(12)13/h2-6,11,14H,7H2,1H3. The number of aliphatic hydroxyl groups is 1. The molecule has 16 heavy (non-hydrogen) atoms. The van der Waals surface area contributed by atoms with Crippen LogP contribution in [0.2, 0.25) is 0 Å². The lowest BCUT2D eigenvalue weighted by molar-refractivity contribution is -0.0513. The van der Waals surface area contributed by atoms with Gasteiger partial charge in [-0.15, -0.1) is 0 Å². The molecule has 0 spiro atoms. The lowest BCUT2D eigenvalue weighted by Crippen LogP contribution is -2.04. The van der Waals surface area contributed by atoms with Crippen LogP contribution >= 0.6 is 0 Å². The number of methoxy groups -OCH3 is 1. The fraction of sp³-hybridized carbons (Fsp3) is 0.273. The largest absolute Gasteiger partial charge is 0.493 e.